The van der Waals surface area contributed by atoms with Crippen LogP contribution in [0.15, 0.2) is 58.7 Å². The highest BCUT2D eigenvalue weighted by atomic mass is 32.2. The molecule has 0 aliphatic carbocycles. The van der Waals surface area contributed by atoms with Gasteiger partial charge in [0.05, 0.1) is 17.7 Å². The van der Waals surface area contributed by atoms with Crippen molar-refractivity contribution >= 4 is 34.6 Å². The van der Waals surface area contributed by atoms with Crippen molar-refractivity contribution in [1.82, 2.24) is 10.3 Å². The third-order valence-electron chi connectivity index (χ3n) is 2.95. The van der Waals surface area contributed by atoms with Crippen LogP contribution in [0, 0.1) is 0 Å². The quantitative estimate of drug-likeness (QED) is 0.940. The smallest absolute Gasteiger partial charge is 0.289 e. The van der Waals surface area contributed by atoms with E-state index in [1.165, 1.54) is 0 Å². The molecule has 110 valence electrons. The fraction of sp³-hybridized carbons (Fsp3) is 0.0625. The van der Waals surface area contributed by atoms with Crippen LogP contribution in [-0.4, -0.2) is 23.2 Å². The van der Waals surface area contributed by atoms with Gasteiger partial charge in [-0.1, -0.05) is 6.07 Å². The number of aromatic nitrogens is 1. The number of ether oxygens (including phenoxy) is 1. The van der Waals surface area contributed by atoms with E-state index in [0.29, 0.717) is 5.84 Å². The predicted molar refractivity (Wildman–Crippen MR) is 88.4 cm³/mol. The highest BCUT2D eigenvalue weighted by Gasteiger charge is 2.23. The van der Waals surface area contributed by atoms with Crippen molar-refractivity contribution in [3.05, 3.63) is 59.3 Å². The van der Waals surface area contributed by atoms with Crippen LogP contribution >= 0.6 is 11.8 Å². The lowest BCUT2D eigenvalue weighted by atomic mass is 10.2. The van der Waals surface area contributed by atoms with Gasteiger partial charge in [0, 0.05) is 12.4 Å². The monoisotopic (exact) mass is 311 g/mol. The van der Waals surface area contributed by atoms with Crippen molar-refractivity contribution in [2.45, 2.75) is 0 Å². The number of thioether (sulfide) groups is 1. The number of aliphatic imine (C=N–C) groups is 1. The van der Waals surface area contributed by atoms with Gasteiger partial charge < -0.3 is 10.1 Å². The Morgan fingerprint density at radius 3 is 2.77 bits per heavy atom. The fourth-order valence-electron chi connectivity index (χ4n) is 1.91. The summed E-state index contributed by atoms with van der Waals surface area (Å²) in [6, 6.07) is 11.1. The number of hydrogen-bond acceptors (Lipinski definition) is 5. The summed E-state index contributed by atoms with van der Waals surface area (Å²) in [5.41, 5.74) is 1.67. The maximum Gasteiger partial charge on any atom is 0.289 e. The summed E-state index contributed by atoms with van der Waals surface area (Å²) in [5, 5.41) is 2.62. The summed E-state index contributed by atoms with van der Waals surface area (Å²) in [6.45, 7) is 0. The van der Waals surface area contributed by atoms with Gasteiger partial charge in [0.25, 0.3) is 5.24 Å². The Labute approximate surface area is 132 Å². The van der Waals surface area contributed by atoms with Gasteiger partial charge in [0.15, 0.2) is 0 Å². The number of pyridine rings is 1. The zero-order valence-electron chi connectivity index (χ0n) is 11.8. The number of carbonyl (C=O) groups excluding carboxylic acids is 1. The molecule has 0 radical (unpaired) electrons. The van der Waals surface area contributed by atoms with Gasteiger partial charge >= 0.3 is 0 Å². The average Bonchev–Trinajstić information content (AvgIpc) is 2.88. The molecule has 2 aromatic rings. The average molecular weight is 311 g/mol. The fourth-order valence-corrected chi connectivity index (χ4v) is 2.65. The van der Waals surface area contributed by atoms with Crippen molar-refractivity contribution in [3.8, 4) is 5.75 Å². The molecule has 5 nitrogen and oxygen atoms in total. The van der Waals surface area contributed by atoms with E-state index in [1.807, 2.05) is 42.5 Å². The van der Waals surface area contributed by atoms with E-state index >= 15 is 0 Å². The van der Waals surface area contributed by atoms with Crippen molar-refractivity contribution in [2.75, 3.05) is 7.11 Å². The zero-order chi connectivity index (χ0) is 15.4. The second kappa shape index (κ2) is 6.44. The predicted octanol–water partition coefficient (Wildman–Crippen LogP) is 3.62. The number of carbonyl (C=O) groups is 1. The Balaban J connectivity index is 1.91. The minimum atomic E-state index is -0.137. The second-order valence-corrected chi connectivity index (χ2v) is 5.48. The Bertz CT molecular complexity index is 740. The van der Waals surface area contributed by atoms with Crippen LogP contribution in [-0.2, 0) is 0 Å². The first-order chi connectivity index (χ1) is 10.7. The normalized spacial score (nSPS) is 17.8. The Hall–Kier alpha value is -2.60. The highest BCUT2D eigenvalue weighted by Crippen LogP contribution is 2.28. The minimum Gasteiger partial charge on any atom is -0.497 e. The van der Waals surface area contributed by atoms with Crippen LogP contribution in [0.3, 0.4) is 0 Å². The van der Waals surface area contributed by atoms with Gasteiger partial charge in [-0.15, -0.1) is 0 Å². The molecule has 2 heterocycles. The van der Waals surface area contributed by atoms with E-state index in [1.54, 1.807) is 19.5 Å². The van der Waals surface area contributed by atoms with Crippen LogP contribution in [0.5, 0.6) is 5.75 Å². The molecule has 1 fully saturated rings. The number of benzene rings is 1. The standard InChI is InChI=1S/C16H13N3O2S/c1-21-13-6-4-12(5-7-13)18-15-14(22-16(20)19-15)9-11-3-2-8-17-10-11/h2-10H,1H3,(H,18,19,20)/b14-9-. The molecular formula is C16H13N3O2S. The second-order valence-electron chi connectivity index (χ2n) is 4.47. The number of nitrogens with zero attached hydrogens (tertiary/aromatic N) is 2. The molecule has 6 heteroatoms. The third kappa shape index (κ3) is 3.35. The third-order valence-corrected chi connectivity index (χ3v) is 3.77. The van der Waals surface area contributed by atoms with Crippen molar-refractivity contribution < 1.29 is 9.53 Å². The summed E-state index contributed by atoms with van der Waals surface area (Å²) in [7, 11) is 1.61. The first kappa shape index (κ1) is 14.3. The van der Waals surface area contributed by atoms with Crippen LogP contribution in [0.2, 0.25) is 0 Å². The number of nitrogens with one attached hydrogen (secondary N) is 1. The molecule has 1 saturated heterocycles. The van der Waals surface area contributed by atoms with Crippen LogP contribution in [0.1, 0.15) is 5.56 Å². The van der Waals surface area contributed by atoms with Crippen LogP contribution < -0.4 is 10.1 Å². The molecule has 0 atom stereocenters. The molecule has 0 saturated carbocycles. The van der Waals surface area contributed by atoms with Crippen LogP contribution in [0.25, 0.3) is 6.08 Å². The Kier molecular flexibility index (Phi) is 4.20. The molecule has 3 rings (SSSR count). The number of amidine groups is 1. The van der Waals surface area contributed by atoms with E-state index in [4.69, 9.17) is 4.74 Å². The molecule has 1 N–H and O–H groups in total. The maximum absolute atomic E-state index is 11.6. The molecule has 1 amide bonds. The summed E-state index contributed by atoms with van der Waals surface area (Å²) < 4.78 is 5.12. The number of hydrogen-bond donors (Lipinski definition) is 1. The van der Waals surface area contributed by atoms with Crippen molar-refractivity contribution in [1.29, 1.82) is 0 Å². The number of amides is 1. The lowest BCUT2D eigenvalue weighted by Gasteiger charge is -2.01. The SMILES string of the molecule is COc1ccc(N=C2NC(=O)S/C2=C\c2cccnc2)cc1. The van der Waals surface area contributed by atoms with E-state index in [9.17, 15) is 4.79 Å². The molecule has 1 aliphatic heterocycles. The van der Waals surface area contributed by atoms with Gasteiger partial charge in [0.2, 0.25) is 0 Å². The van der Waals surface area contributed by atoms with Crippen molar-refractivity contribution in [2.24, 2.45) is 4.99 Å². The van der Waals surface area contributed by atoms with Gasteiger partial charge in [-0.05, 0) is 53.7 Å². The molecule has 0 bridgehead atoms. The summed E-state index contributed by atoms with van der Waals surface area (Å²) >= 11 is 1.12. The largest absolute Gasteiger partial charge is 0.497 e. The van der Waals surface area contributed by atoms with Crippen LogP contribution in [0.4, 0.5) is 10.5 Å². The molecule has 0 spiro atoms. The Morgan fingerprint density at radius 1 is 1.27 bits per heavy atom. The molecular weight excluding hydrogens is 298 g/mol. The first-order valence-electron chi connectivity index (χ1n) is 6.58. The first-order valence-corrected chi connectivity index (χ1v) is 7.40. The van der Waals surface area contributed by atoms with Gasteiger partial charge in [0.1, 0.15) is 11.6 Å². The molecule has 1 aromatic heterocycles. The summed E-state index contributed by atoms with van der Waals surface area (Å²) in [4.78, 5) is 21.0. The van der Waals surface area contributed by atoms with Crippen molar-refractivity contribution in [3.63, 3.8) is 0 Å². The van der Waals surface area contributed by atoms with E-state index in [2.05, 4.69) is 15.3 Å². The molecule has 1 aromatic carbocycles. The summed E-state index contributed by atoms with van der Waals surface area (Å²) in [6.07, 6.45) is 5.33. The molecule has 0 unspecified atom stereocenters. The minimum absolute atomic E-state index is 0.137. The topological polar surface area (TPSA) is 63.6 Å². The summed E-state index contributed by atoms with van der Waals surface area (Å²) in [5.74, 6) is 1.31. The van der Waals surface area contributed by atoms with Gasteiger partial charge in [-0.2, -0.15) is 0 Å². The highest BCUT2D eigenvalue weighted by molar-refractivity contribution is 8.18. The van der Waals surface area contributed by atoms with E-state index in [-0.39, 0.29) is 5.24 Å². The number of methoxy groups -OCH3 is 1. The van der Waals surface area contributed by atoms with E-state index in [0.717, 1.165) is 33.7 Å². The zero-order valence-corrected chi connectivity index (χ0v) is 12.6. The lowest BCUT2D eigenvalue weighted by Crippen LogP contribution is -2.18. The number of rotatable bonds is 3. The lowest BCUT2D eigenvalue weighted by molar-refractivity contribution is 0.265. The van der Waals surface area contributed by atoms with Gasteiger partial charge in [-0.3, -0.25) is 9.78 Å². The van der Waals surface area contributed by atoms with E-state index < -0.39 is 0 Å². The molecule has 22 heavy (non-hydrogen) atoms. The van der Waals surface area contributed by atoms with Gasteiger partial charge in [-0.25, -0.2) is 4.99 Å². The maximum atomic E-state index is 11.6. The molecule has 1 aliphatic rings. The Morgan fingerprint density at radius 2 is 2.09 bits per heavy atom.